The zero-order valence-electron chi connectivity index (χ0n) is 38.7. The second-order valence-corrected chi connectivity index (χ2v) is 30.1. The molecule has 0 unspecified atom stereocenters. The zero-order chi connectivity index (χ0) is 43.5. The molecule has 0 saturated carbocycles. The molecule has 0 aliphatic rings. The summed E-state index contributed by atoms with van der Waals surface area (Å²) in [5.41, 5.74) is 2.12. The second-order valence-electron chi connectivity index (χ2n) is 19.0. The van der Waals surface area contributed by atoms with Crippen molar-refractivity contribution in [3.05, 3.63) is 77.9 Å². The second kappa shape index (κ2) is 25.3. The molecule has 332 valence electrons. The molecule has 0 N–H and O–H groups in total. The summed E-state index contributed by atoms with van der Waals surface area (Å²) >= 11 is 0. The van der Waals surface area contributed by atoms with Crippen LogP contribution in [0, 0.1) is 6.92 Å². The van der Waals surface area contributed by atoms with Crippen molar-refractivity contribution in [2.45, 2.75) is 198 Å². The summed E-state index contributed by atoms with van der Waals surface area (Å²) in [6.45, 7) is 28.0. The van der Waals surface area contributed by atoms with Crippen LogP contribution in [0.25, 0.3) is 0 Å². The normalized spacial score (nSPS) is 15.5. The molecular formula is C47H82O8SSi2. The first-order chi connectivity index (χ1) is 27.1. The van der Waals surface area contributed by atoms with Crippen molar-refractivity contribution >= 4 is 26.8 Å². The summed E-state index contributed by atoms with van der Waals surface area (Å²) < 4.78 is 66.6. The Morgan fingerprint density at radius 1 is 0.707 bits per heavy atom. The van der Waals surface area contributed by atoms with E-state index >= 15 is 0 Å². The molecular weight excluding hydrogens is 781 g/mol. The molecule has 0 aliphatic heterocycles. The Morgan fingerprint density at radius 2 is 1.26 bits per heavy atom. The lowest BCUT2D eigenvalue weighted by Gasteiger charge is -2.45. The Labute approximate surface area is 357 Å². The molecule has 11 heteroatoms. The lowest BCUT2D eigenvalue weighted by molar-refractivity contribution is -0.0905. The maximum atomic E-state index is 14.0. The van der Waals surface area contributed by atoms with Crippen LogP contribution in [0.15, 0.2) is 71.6 Å². The van der Waals surface area contributed by atoms with Gasteiger partial charge in [-0.15, -0.1) is 0 Å². The number of ether oxygens (including phenoxy) is 3. The van der Waals surface area contributed by atoms with Crippen molar-refractivity contribution in [2.24, 2.45) is 0 Å². The predicted octanol–water partition coefficient (Wildman–Crippen LogP) is 12.9. The molecule has 0 saturated heterocycles. The summed E-state index contributed by atoms with van der Waals surface area (Å²) in [6.07, 6.45) is 12.5. The molecule has 8 nitrogen and oxygen atoms in total. The van der Waals surface area contributed by atoms with Crippen LogP contribution in [-0.4, -0.2) is 70.0 Å². The number of benzene rings is 2. The van der Waals surface area contributed by atoms with Crippen molar-refractivity contribution in [1.82, 2.24) is 0 Å². The minimum Gasteiger partial charge on any atom is -0.411 e. The molecule has 4 atom stereocenters. The molecule has 0 aliphatic carbocycles. The number of methoxy groups -OCH3 is 1. The highest BCUT2D eigenvalue weighted by molar-refractivity contribution is 7.86. The van der Waals surface area contributed by atoms with E-state index in [1.165, 1.54) is 25.7 Å². The van der Waals surface area contributed by atoms with Gasteiger partial charge in [-0.3, -0.25) is 4.18 Å². The van der Waals surface area contributed by atoms with Gasteiger partial charge in [-0.1, -0.05) is 141 Å². The first kappa shape index (κ1) is 52.5. The van der Waals surface area contributed by atoms with Crippen LogP contribution in [0.5, 0.6) is 0 Å². The Balaban J connectivity index is 2.53. The average molecular weight is 863 g/mol. The van der Waals surface area contributed by atoms with Crippen molar-refractivity contribution in [3.63, 3.8) is 0 Å². The largest absolute Gasteiger partial charge is 0.411 e. The third kappa shape index (κ3) is 18.9. The number of hydrogen-bond acceptors (Lipinski definition) is 8. The first-order valence-corrected chi connectivity index (χ1v) is 29.1. The van der Waals surface area contributed by atoms with E-state index in [9.17, 15) is 8.42 Å². The number of aryl methyl sites for hydroxylation is 1. The molecule has 0 radical (unpaired) electrons. The molecule has 0 aromatic heterocycles. The van der Waals surface area contributed by atoms with Crippen molar-refractivity contribution < 1.29 is 35.7 Å². The number of hydrogen-bond donors (Lipinski definition) is 0. The number of unbranched alkanes of at least 4 members (excludes halogenated alkanes) is 6. The lowest BCUT2D eigenvalue weighted by Crippen LogP contribution is -2.52. The highest BCUT2D eigenvalue weighted by Gasteiger charge is 2.45. The van der Waals surface area contributed by atoms with E-state index in [0.29, 0.717) is 26.1 Å². The van der Waals surface area contributed by atoms with Gasteiger partial charge in [0.05, 0.1) is 23.7 Å². The fourth-order valence-corrected chi connectivity index (χ4v) is 10.00. The smallest absolute Gasteiger partial charge is 0.297 e. The first-order valence-electron chi connectivity index (χ1n) is 21.9. The topological polar surface area (TPSA) is 89.5 Å². The van der Waals surface area contributed by atoms with E-state index in [1.54, 1.807) is 31.4 Å². The maximum Gasteiger partial charge on any atom is 0.297 e. The molecule has 0 fully saturated rings. The Morgan fingerprint density at radius 3 is 1.83 bits per heavy atom. The van der Waals surface area contributed by atoms with E-state index in [-0.39, 0.29) is 34.0 Å². The van der Waals surface area contributed by atoms with E-state index in [1.807, 2.05) is 31.2 Å². The van der Waals surface area contributed by atoms with Gasteiger partial charge < -0.3 is 23.1 Å². The van der Waals surface area contributed by atoms with E-state index in [4.69, 9.17) is 27.2 Å². The third-order valence-electron chi connectivity index (χ3n) is 11.9. The molecule has 0 bridgehead atoms. The SMILES string of the molecule is CCCCCCCC/C=C/[C@H](OCOC)[C@H](CC[C@@H](O[Si](C)(C)C(C)(C)C)[C@@H](CCCOCc1ccccc1)O[Si](C)(C)C(C)(C)C)OS(=O)(=O)c1ccc(C)cc1. The van der Waals surface area contributed by atoms with Gasteiger partial charge in [-0.05, 0) is 99.4 Å². The summed E-state index contributed by atoms with van der Waals surface area (Å²) in [5.74, 6) is 0. The summed E-state index contributed by atoms with van der Waals surface area (Å²) in [7, 11) is -7.18. The van der Waals surface area contributed by atoms with Gasteiger partial charge in [0.1, 0.15) is 19.0 Å². The van der Waals surface area contributed by atoms with Crippen LogP contribution >= 0.6 is 0 Å². The van der Waals surface area contributed by atoms with Gasteiger partial charge in [-0.25, -0.2) is 0 Å². The molecule has 0 amide bonds. The van der Waals surface area contributed by atoms with Crippen LogP contribution in [0.4, 0.5) is 0 Å². The summed E-state index contributed by atoms with van der Waals surface area (Å²) in [4.78, 5) is 0.119. The van der Waals surface area contributed by atoms with Crippen molar-refractivity contribution in [3.8, 4) is 0 Å². The van der Waals surface area contributed by atoms with Gasteiger partial charge in [0.25, 0.3) is 10.1 Å². The average Bonchev–Trinajstić information content (AvgIpc) is 3.14. The van der Waals surface area contributed by atoms with Gasteiger partial charge in [0.15, 0.2) is 16.6 Å². The molecule has 58 heavy (non-hydrogen) atoms. The zero-order valence-corrected chi connectivity index (χ0v) is 41.6. The Bertz CT molecular complexity index is 1530. The van der Waals surface area contributed by atoms with Crippen LogP contribution in [0.1, 0.15) is 130 Å². The molecule has 2 rings (SSSR count). The summed E-state index contributed by atoms with van der Waals surface area (Å²) in [5, 5.41) is -0.0795. The number of allylic oxidation sites excluding steroid dienone is 1. The highest BCUT2D eigenvalue weighted by Crippen LogP contribution is 2.42. The molecule has 0 spiro atoms. The standard InChI is InChI=1S/C47H82O8SSi2/c1-14-15-16-17-18-19-20-24-28-42(52-38-50-9)43(53-56(48,49)41-32-30-39(2)31-33-41)34-35-45(55-58(12,13)47(6,7)8)44(54-57(10,11)46(3,4)5)29-25-36-51-37-40-26-22-21-23-27-40/h21-24,26-28,30-33,42-45H,14-20,25,29,34-38H2,1-13H3/b28-24+/t42-,43-,44+,45+/m0/s1. The van der Waals surface area contributed by atoms with Gasteiger partial charge in [0.2, 0.25) is 0 Å². The monoisotopic (exact) mass is 863 g/mol. The quantitative estimate of drug-likeness (QED) is 0.0263. The van der Waals surface area contributed by atoms with E-state index < -0.39 is 39.0 Å². The summed E-state index contributed by atoms with van der Waals surface area (Å²) in [6, 6.07) is 17.0. The van der Waals surface area contributed by atoms with Gasteiger partial charge in [0, 0.05) is 13.7 Å². The minimum absolute atomic E-state index is 0.000447. The molecule has 2 aromatic carbocycles. The Hall–Kier alpha value is -1.68. The van der Waals surface area contributed by atoms with Crippen LogP contribution in [0.3, 0.4) is 0 Å². The van der Waals surface area contributed by atoms with Crippen molar-refractivity contribution in [2.75, 3.05) is 20.5 Å². The maximum absolute atomic E-state index is 14.0. The van der Waals surface area contributed by atoms with Crippen LogP contribution in [0.2, 0.25) is 36.3 Å². The van der Waals surface area contributed by atoms with E-state index in [2.05, 4.69) is 92.9 Å². The van der Waals surface area contributed by atoms with E-state index in [0.717, 1.165) is 43.2 Å². The molecule has 0 heterocycles. The van der Waals surface area contributed by atoms with Crippen LogP contribution < -0.4 is 0 Å². The fourth-order valence-electron chi connectivity index (χ4n) is 6.13. The number of rotatable bonds is 29. The fraction of sp³-hybridized carbons (Fsp3) is 0.702. The predicted molar refractivity (Wildman–Crippen MR) is 246 cm³/mol. The lowest BCUT2D eigenvalue weighted by atomic mass is 9.99. The minimum atomic E-state index is -4.14. The molecule has 2 aromatic rings. The van der Waals surface area contributed by atoms with Gasteiger partial charge in [-0.2, -0.15) is 8.42 Å². The van der Waals surface area contributed by atoms with Crippen LogP contribution in [-0.2, 0) is 44.0 Å². The van der Waals surface area contributed by atoms with Gasteiger partial charge >= 0.3 is 0 Å². The third-order valence-corrected chi connectivity index (χ3v) is 22.3. The van der Waals surface area contributed by atoms with Crippen molar-refractivity contribution in [1.29, 1.82) is 0 Å². The highest BCUT2D eigenvalue weighted by atomic mass is 32.2. The Kier molecular flexibility index (Phi) is 22.9.